The molecular weight excluding hydrogens is 235 g/mol. The van der Waals surface area contributed by atoms with Gasteiger partial charge in [0.25, 0.3) is 5.91 Å². The largest absolute Gasteiger partial charge is 0.366 e. The highest BCUT2D eigenvalue weighted by atomic mass is 19.1. The fraction of sp³-hybridized carbons (Fsp3) is 0.167. The van der Waals surface area contributed by atoms with Crippen LogP contribution in [0.4, 0.5) is 4.39 Å². The van der Waals surface area contributed by atoms with Gasteiger partial charge in [-0.3, -0.25) is 9.48 Å². The van der Waals surface area contributed by atoms with E-state index in [1.807, 2.05) is 0 Å². The summed E-state index contributed by atoms with van der Waals surface area (Å²) in [5, 5.41) is 4.01. The quantitative estimate of drug-likeness (QED) is 0.831. The fourth-order valence-corrected chi connectivity index (χ4v) is 1.69. The number of benzene rings is 1. The van der Waals surface area contributed by atoms with Crippen molar-refractivity contribution in [1.82, 2.24) is 9.78 Å². The molecule has 6 heteroatoms. The molecule has 0 saturated heterocycles. The van der Waals surface area contributed by atoms with Crippen molar-refractivity contribution >= 4 is 5.91 Å². The molecule has 1 heterocycles. The molecule has 2 rings (SSSR count). The lowest BCUT2D eigenvalue weighted by atomic mass is 10.1. The van der Waals surface area contributed by atoms with Crippen LogP contribution < -0.4 is 11.5 Å². The standard InChI is InChI=1S/C12H13FN4O/c13-11-2-1-8(9(3-11)4-14)6-17-7-10(5-16-17)12(15)18/h1-3,5,7H,4,6,14H2,(H2,15,18). The maximum Gasteiger partial charge on any atom is 0.251 e. The molecule has 0 aliphatic heterocycles. The molecule has 0 radical (unpaired) electrons. The third kappa shape index (κ3) is 2.54. The van der Waals surface area contributed by atoms with E-state index in [4.69, 9.17) is 11.5 Å². The molecule has 0 bridgehead atoms. The van der Waals surface area contributed by atoms with Crippen molar-refractivity contribution in [3.63, 3.8) is 0 Å². The molecule has 1 aromatic carbocycles. The summed E-state index contributed by atoms with van der Waals surface area (Å²) in [6.07, 6.45) is 2.94. The van der Waals surface area contributed by atoms with Gasteiger partial charge in [-0.1, -0.05) is 6.07 Å². The molecule has 5 nitrogen and oxygen atoms in total. The Balaban J connectivity index is 2.25. The highest BCUT2D eigenvalue weighted by molar-refractivity contribution is 5.92. The second-order valence-corrected chi connectivity index (χ2v) is 3.91. The number of carbonyl (C=O) groups is 1. The molecule has 4 N–H and O–H groups in total. The van der Waals surface area contributed by atoms with Crippen LogP contribution in [-0.2, 0) is 13.1 Å². The van der Waals surface area contributed by atoms with Gasteiger partial charge < -0.3 is 11.5 Å². The zero-order valence-electron chi connectivity index (χ0n) is 9.64. The SMILES string of the molecule is NCc1cc(F)ccc1Cn1cc(C(N)=O)cn1. The number of aromatic nitrogens is 2. The van der Waals surface area contributed by atoms with Crippen LogP contribution in [0.3, 0.4) is 0 Å². The van der Waals surface area contributed by atoms with Gasteiger partial charge in [0.2, 0.25) is 0 Å². The minimum absolute atomic E-state index is 0.247. The number of rotatable bonds is 4. The third-order valence-electron chi connectivity index (χ3n) is 2.64. The predicted molar refractivity (Wildman–Crippen MR) is 64.1 cm³/mol. The molecule has 0 saturated carbocycles. The van der Waals surface area contributed by atoms with Crippen LogP contribution in [0.1, 0.15) is 21.5 Å². The van der Waals surface area contributed by atoms with Gasteiger partial charge in [-0.2, -0.15) is 5.10 Å². The highest BCUT2D eigenvalue weighted by Gasteiger charge is 2.07. The third-order valence-corrected chi connectivity index (χ3v) is 2.64. The summed E-state index contributed by atoms with van der Waals surface area (Å²) >= 11 is 0. The van der Waals surface area contributed by atoms with Gasteiger partial charge in [0, 0.05) is 12.7 Å². The van der Waals surface area contributed by atoms with Crippen LogP contribution >= 0.6 is 0 Å². The minimum Gasteiger partial charge on any atom is -0.366 e. The molecule has 0 spiro atoms. The Morgan fingerprint density at radius 2 is 2.17 bits per heavy atom. The molecule has 0 fully saturated rings. The van der Waals surface area contributed by atoms with E-state index in [2.05, 4.69) is 5.10 Å². The first-order chi connectivity index (χ1) is 8.60. The minimum atomic E-state index is -0.528. The Labute approximate surface area is 103 Å². The van der Waals surface area contributed by atoms with Crippen molar-refractivity contribution in [3.8, 4) is 0 Å². The molecule has 1 aromatic heterocycles. The summed E-state index contributed by atoms with van der Waals surface area (Å²) in [6.45, 7) is 0.664. The highest BCUT2D eigenvalue weighted by Crippen LogP contribution is 2.12. The Morgan fingerprint density at radius 1 is 1.39 bits per heavy atom. The zero-order chi connectivity index (χ0) is 13.1. The van der Waals surface area contributed by atoms with Gasteiger partial charge in [0.1, 0.15) is 5.82 Å². The number of halogens is 1. The molecule has 0 unspecified atom stereocenters. The van der Waals surface area contributed by atoms with Crippen molar-refractivity contribution in [2.45, 2.75) is 13.1 Å². The summed E-state index contributed by atoms with van der Waals surface area (Å²) in [7, 11) is 0. The van der Waals surface area contributed by atoms with Crippen LogP contribution in [0.25, 0.3) is 0 Å². The lowest BCUT2D eigenvalue weighted by molar-refractivity contribution is 0.1000. The number of nitrogens with two attached hydrogens (primary N) is 2. The molecule has 18 heavy (non-hydrogen) atoms. The van der Waals surface area contributed by atoms with Gasteiger partial charge >= 0.3 is 0 Å². The number of carbonyl (C=O) groups excluding carboxylic acids is 1. The van der Waals surface area contributed by atoms with E-state index in [1.54, 1.807) is 16.9 Å². The Kier molecular flexibility index (Phi) is 3.38. The molecule has 1 amide bonds. The Bertz CT molecular complexity index is 579. The summed E-state index contributed by atoms with van der Waals surface area (Å²) in [6, 6.07) is 4.42. The second-order valence-electron chi connectivity index (χ2n) is 3.91. The van der Waals surface area contributed by atoms with Crippen LogP contribution in [0.2, 0.25) is 0 Å². The number of hydrogen-bond donors (Lipinski definition) is 2. The fourth-order valence-electron chi connectivity index (χ4n) is 1.69. The zero-order valence-corrected chi connectivity index (χ0v) is 9.64. The second kappa shape index (κ2) is 4.97. The molecule has 0 aliphatic carbocycles. The topological polar surface area (TPSA) is 86.9 Å². The van der Waals surface area contributed by atoms with Crippen molar-refractivity contribution in [2.24, 2.45) is 11.5 Å². The summed E-state index contributed by atoms with van der Waals surface area (Å²) < 4.78 is 14.6. The lowest BCUT2D eigenvalue weighted by Gasteiger charge is -2.07. The van der Waals surface area contributed by atoms with E-state index < -0.39 is 5.91 Å². The van der Waals surface area contributed by atoms with Gasteiger partial charge in [0.15, 0.2) is 0 Å². The smallest absolute Gasteiger partial charge is 0.251 e. The first kappa shape index (κ1) is 12.3. The Morgan fingerprint density at radius 3 is 2.78 bits per heavy atom. The molecule has 94 valence electrons. The van der Waals surface area contributed by atoms with Gasteiger partial charge in [-0.25, -0.2) is 4.39 Å². The summed E-state index contributed by atoms with van der Waals surface area (Å²) in [5.74, 6) is -0.850. The van der Waals surface area contributed by atoms with Crippen molar-refractivity contribution in [2.75, 3.05) is 0 Å². The predicted octanol–water partition coefficient (Wildman–Crippen LogP) is 0.628. The summed E-state index contributed by atoms with van der Waals surface area (Å²) in [4.78, 5) is 10.9. The van der Waals surface area contributed by atoms with Crippen molar-refractivity contribution in [1.29, 1.82) is 0 Å². The normalized spacial score (nSPS) is 10.6. The van der Waals surface area contributed by atoms with E-state index in [-0.39, 0.29) is 12.4 Å². The number of hydrogen-bond acceptors (Lipinski definition) is 3. The number of nitrogens with zero attached hydrogens (tertiary/aromatic N) is 2. The first-order valence-electron chi connectivity index (χ1n) is 5.40. The molecule has 2 aromatic rings. The van der Waals surface area contributed by atoms with Crippen LogP contribution in [0.15, 0.2) is 30.6 Å². The van der Waals surface area contributed by atoms with E-state index in [0.29, 0.717) is 17.7 Å². The number of primary amides is 1. The van der Waals surface area contributed by atoms with Crippen LogP contribution in [0.5, 0.6) is 0 Å². The van der Waals surface area contributed by atoms with Gasteiger partial charge in [0.05, 0.1) is 18.3 Å². The average molecular weight is 248 g/mol. The molecule has 0 atom stereocenters. The van der Waals surface area contributed by atoms with Crippen LogP contribution in [-0.4, -0.2) is 15.7 Å². The van der Waals surface area contributed by atoms with Gasteiger partial charge in [-0.05, 0) is 23.3 Å². The van der Waals surface area contributed by atoms with Crippen molar-refractivity contribution in [3.05, 3.63) is 53.1 Å². The Hall–Kier alpha value is -2.21. The van der Waals surface area contributed by atoms with E-state index in [9.17, 15) is 9.18 Å². The lowest BCUT2D eigenvalue weighted by Crippen LogP contribution is -2.10. The average Bonchev–Trinajstić information content (AvgIpc) is 2.80. The molecular formula is C12H13FN4O. The van der Waals surface area contributed by atoms with Gasteiger partial charge in [-0.15, -0.1) is 0 Å². The first-order valence-corrected chi connectivity index (χ1v) is 5.40. The molecule has 0 aliphatic rings. The van der Waals surface area contributed by atoms with E-state index in [0.717, 1.165) is 5.56 Å². The number of amides is 1. The monoisotopic (exact) mass is 248 g/mol. The van der Waals surface area contributed by atoms with Crippen molar-refractivity contribution < 1.29 is 9.18 Å². The van der Waals surface area contributed by atoms with E-state index in [1.165, 1.54) is 18.3 Å². The van der Waals surface area contributed by atoms with E-state index >= 15 is 0 Å². The maximum absolute atomic E-state index is 13.0. The van der Waals surface area contributed by atoms with Crippen LogP contribution in [0, 0.1) is 5.82 Å². The maximum atomic E-state index is 13.0. The summed E-state index contributed by atoms with van der Waals surface area (Å²) in [5.41, 5.74) is 12.6.